The maximum atomic E-state index is 12.3. The number of Topliss-reactive ketones (excluding diaryl/α,β-unsaturated/α-hetero) is 1. The standard InChI is InChI=1S/C13H22N2O3.C3H8.C2H6.C2H2/c1-9(2)7-10(8-12(14)17)13(18)15-5-3-11(16)4-6-15;1-3-2;2*1-2/h9-10H,3-8H2,1-2H3,(H2,14,17);3H2,1-2H3;1-2H3;1-2H/t10-;;;/m1.../s1. The van der Waals surface area contributed by atoms with Crippen molar-refractivity contribution < 1.29 is 14.4 Å². The number of amides is 2. The number of nitrogens with zero attached hydrogens (tertiary/aromatic N) is 1. The molecule has 0 spiro atoms. The van der Waals surface area contributed by atoms with Crippen molar-refractivity contribution in [1.29, 1.82) is 0 Å². The second-order valence-corrected chi connectivity index (χ2v) is 6.07. The maximum absolute atomic E-state index is 12.3. The molecule has 1 aliphatic rings. The number of ketones is 1. The number of hydrogen-bond acceptors (Lipinski definition) is 3. The predicted molar refractivity (Wildman–Crippen MR) is 105 cm³/mol. The molecule has 25 heavy (non-hydrogen) atoms. The molecule has 1 aliphatic heterocycles. The fraction of sp³-hybridized carbons (Fsp3) is 0.750. The largest absolute Gasteiger partial charge is 0.370 e. The lowest BCUT2D eigenvalue weighted by Gasteiger charge is -2.30. The highest BCUT2D eigenvalue weighted by Crippen LogP contribution is 2.20. The average molecular weight is 355 g/mol. The highest BCUT2D eigenvalue weighted by atomic mass is 16.2. The van der Waals surface area contributed by atoms with Gasteiger partial charge < -0.3 is 10.6 Å². The van der Waals surface area contributed by atoms with Gasteiger partial charge in [-0.15, -0.1) is 12.8 Å². The molecule has 0 aromatic heterocycles. The third-order valence-corrected chi connectivity index (χ3v) is 3.19. The molecule has 1 saturated heterocycles. The van der Waals surface area contributed by atoms with Gasteiger partial charge in [-0.1, -0.05) is 48.0 Å². The van der Waals surface area contributed by atoms with Crippen LogP contribution in [-0.4, -0.2) is 35.6 Å². The van der Waals surface area contributed by atoms with Gasteiger partial charge in [0, 0.05) is 38.3 Å². The number of carbonyl (C=O) groups is 3. The predicted octanol–water partition coefficient (Wildman–Crippen LogP) is 3.41. The van der Waals surface area contributed by atoms with Crippen LogP contribution < -0.4 is 5.73 Å². The molecule has 0 aromatic carbocycles. The number of piperidine rings is 1. The molecule has 1 atom stereocenters. The minimum atomic E-state index is -0.443. The minimum Gasteiger partial charge on any atom is -0.370 e. The van der Waals surface area contributed by atoms with Gasteiger partial charge in [-0.2, -0.15) is 0 Å². The van der Waals surface area contributed by atoms with E-state index in [0.29, 0.717) is 38.3 Å². The van der Waals surface area contributed by atoms with Crippen molar-refractivity contribution in [2.24, 2.45) is 17.6 Å². The van der Waals surface area contributed by atoms with Crippen LogP contribution >= 0.6 is 0 Å². The van der Waals surface area contributed by atoms with Gasteiger partial charge in [-0.05, 0) is 12.3 Å². The lowest BCUT2D eigenvalue weighted by Crippen LogP contribution is -2.43. The Morgan fingerprint density at radius 1 is 1.12 bits per heavy atom. The number of rotatable bonds is 5. The van der Waals surface area contributed by atoms with Gasteiger partial charge in [0.15, 0.2) is 0 Å². The van der Waals surface area contributed by atoms with Crippen molar-refractivity contribution in [2.75, 3.05) is 13.1 Å². The van der Waals surface area contributed by atoms with Gasteiger partial charge in [0.2, 0.25) is 11.8 Å². The summed E-state index contributed by atoms with van der Waals surface area (Å²) in [6, 6.07) is 0. The van der Waals surface area contributed by atoms with E-state index in [0.717, 1.165) is 0 Å². The van der Waals surface area contributed by atoms with Crippen molar-refractivity contribution in [3.8, 4) is 12.8 Å². The Morgan fingerprint density at radius 3 is 1.84 bits per heavy atom. The Labute approximate surface area is 154 Å². The highest BCUT2D eigenvalue weighted by molar-refractivity contribution is 5.87. The van der Waals surface area contributed by atoms with Gasteiger partial charge in [-0.25, -0.2) is 0 Å². The number of primary amides is 1. The number of likely N-dealkylation sites (tertiary alicyclic amines) is 1. The molecule has 1 heterocycles. The number of carbonyl (C=O) groups excluding carboxylic acids is 3. The van der Waals surface area contributed by atoms with Crippen LogP contribution in [0.3, 0.4) is 0 Å². The molecule has 1 fully saturated rings. The first-order chi connectivity index (χ1) is 11.8. The number of nitrogens with two attached hydrogens (primary N) is 1. The first-order valence-corrected chi connectivity index (χ1v) is 9.23. The van der Waals surface area contributed by atoms with E-state index in [2.05, 4.69) is 26.7 Å². The molecule has 0 aliphatic carbocycles. The van der Waals surface area contributed by atoms with E-state index in [4.69, 9.17) is 5.73 Å². The van der Waals surface area contributed by atoms with E-state index >= 15 is 0 Å². The zero-order valence-electron chi connectivity index (χ0n) is 17.0. The summed E-state index contributed by atoms with van der Waals surface area (Å²) in [7, 11) is 0. The summed E-state index contributed by atoms with van der Waals surface area (Å²) in [5.41, 5.74) is 5.19. The normalized spacial score (nSPS) is 14.0. The van der Waals surface area contributed by atoms with Crippen LogP contribution in [0.1, 0.15) is 73.6 Å². The summed E-state index contributed by atoms with van der Waals surface area (Å²) in [6.07, 6.45) is 10.9. The summed E-state index contributed by atoms with van der Waals surface area (Å²) < 4.78 is 0. The molecule has 5 heteroatoms. The third kappa shape index (κ3) is 15.4. The third-order valence-electron chi connectivity index (χ3n) is 3.19. The topological polar surface area (TPSA) is 80.5 Å². The van der Waals surface area contributed by atoms with Gasteiger partial charge in [0.25, 0.3) is 0 Å². The Kier molecular flexibility index (Phi) is 20.7. The zero-order valence-corrected chi connectivity index (χ0v) is 17.0. The monoisotopic (exact) mass is 354 g/mol. The molecule has 2 amide bonds. The molecule has 0 unspecified atom stereocenters. The highest BCUT2D eigenvalue weighted by Gasteiger charge is 2.28. The van der Waals surface area contributed by atoms with E-state index in [-0.39, 0.29) is 24.0 Å². The van der Waals surface area contributed by atoms with Crippen LogP contribution in [0, 0.1) is 24.7 Å². The molecule has 5 nitrogen and oxygen atoms in total. The smallest absolute Gasteiger partial charge is 0.226 e. The summed E-state index contributed by atoms with van der Waals surface area (Å²) in [5, 5.41) is 0. The molecular formula is C20H38N2O3. The first kappa shape index (κ1) is 28.0. The molecule has 0 bridgehead atoms. The minimum absolute atomic E-state index is 0.0324. The number of terminal acetylenes is 1. The molecule has 0 saturated carbocycles. The van der Waals surface area contributed by atoms with E-state index in [9.17, 15) is 14.4 Å². The van der Waals surface area contributed by atoms with Crippen LogP contribution in [0.2, 0.25) is 0 Å². The second kappa shape index (κ2) is 18.5. The summed E-state index contributed by atoms with van der Waals surface area (Å²) in [6.45, 7) is 13.2. The molecule has 146 valence electrons. The Hall–Kier alpha value is -1.83. The van der Waals surface area contributed by atoms with E-state index in [1.54, 1.807) is 4.90 Å². The van der Waals surface area contributed by atoms with Crippen LogP contribution in [0.4, 0.5) is 0 Å². The van der Waals surface area contributed by atoms with Gasteiger partial charge in [0.05, 0.1) is 0 Å². The Balaban J connectivity index is -0.000000605. The summed E-state index contributed by atoms with van der Waals surface area (Å²) in [5.74, 6) is -0.271. The lowest BCUT2D eigenvalue weighted by molar-refractivity contribution is -0.140. The van der Waals surface area contributed by atoms with Crippen molar-refractivity contribution in [3.05, 3.63) is 0 Å². The van der Waals surface area contributed by atoms with Crippen LogP contribution in [0.5, 0.6) is 0 Å². The molecule has 1 rings (SSSR count). The molecule has 0 radical (unpaired) electrons. The lowest BCUT2D eigenvalue weighted by atomic mass is 9.92. The number of hydrogen-bond donors (Lipinski definition) is 1. The van der Waals surface area contributed by atoms with Gasteiger partial charge in [0.1, 0.15) is 5.78 Å². The molecule has 0 aromatic rings. The summed E-state index contributed by atoms with van der Waals surface area (Å²) >= 11 is 0. The van der Waals surface area contributed by atoms with E-state index in [1.807, 2.05) is 27.7 Å². The fourth-order valence-corrected chi connectivity index (χ4v) is 2.32. The Morgan fingerprint density at radius 2 is 1.52 bits per heavy atom. The van der Waals surface area contributed by atoms with Crippen LogP contribution in [0.15, 0.2) is 0 Å². The zero-order chi connectivity index (χ0) is 20.4. The fourth-order valence-electron chi connectivity index (χ4n) is 2.32. The molecular weight excluding hydrogens is 316 g/mol. The van der Waals surface area contributed by atoms with Crippen molar-refractivity contribution >= 4 is 17.6 Å². The molecule has 2 N–H and O–H groups in total. The summed E-state index contributed by atoms with van der Waals surface area (Å²) in [4.78, 5) is 36.1. The SMILES string of the molecule is C#C.CC.CC(C)C[C@H](CC(N)=O)C(=O)N1CCC(=O)CC1.CCC. The average Bonchev–Trinajstić information content (AvgIpc) is 2.58. The Bertz CT molecular complexity index is 380. The van der Waals surface area contributed by atoms with Crippen LogP contribution in [-0.2, 0) is 14.4 Å². The van der Waals surface area contributed by atoms with Gasteiger partial charge >= 0.3 is 0 Å². The van der Waals surface area contributed by atoms with Crippen LogP contribution in [0.25, 0.3) is 0 Å². The van der Waals surface area contributed by atoms with Crippen molar-refractivity contribution in [1.82, 2.24) is 4.90 Å². The second-order valence-electron chi connectivity index (χ2n) is 6.07. The maximum Gasteiger partial charge on any atom is 0.226 e. The van der Waals surface area contributed by atoms with Gasteiger partial charge in [-0.3, -0.25) is 14.4 Å². The van der Waals surface area contributed by atoms with E-state index < -0.39 is 5.91 Å². The first-order valence-electron chi connectivity index (χ1n) is 9.23. The quantitative estimate of drug-likeness (QED) is 0.768. The van der Waals surface area contributed by atoms with Crippen molar-refractivity contribution in [2.45, 2.75) is 73.6 Å². The van der Waals surface area contributed by atoms with Crippen molar-refractivity contribution in [3.63, 3.8) is 0 Å². The van der Waals surface area contributed by atoms with E-state index in [1.165, 1.54) is 6.42 Å².